The molecule has 2 N–H and O–H groups in total. The molecule has 0 spiro atoms. The maximum absolute atomic E-state index is 11.1. The standard InChI is InChI=1S/C12H14N4O/c1-8-12(14-7-11(17)13-2)16-10-6-4-3-5-9(10)15-8/h3-6H,7H2,1-2H3,(H,13,17)(H,14,16). The van der Waals surface area contributed by atoms with E-state index in [9.17, 15) is 4.79 Å². The molecule has 5 nitrogen and oxygen atoms in total. The smallest absolute Gasteiger partial charge is 0.239 e. The van der Waals surface area contributed by atoms with Crippen molar-refractivity contribution < 1.29 is 4.79 Å². The number of aromatic nitrogens is 2. The minimum atomic E-state index is -0.0839. The van der Waals surface area contributed by atoms with Gasteiger partial charge in [-0.2, -0.15) is 0 Å². The average Bonchev–Trinajstić information content (AvgIpc) is 2.35. The third kappa shape index (κ3) is 2.50. The zero-order valence-corrected chi connectivity index (χ0v) is 9.82. The first kappa shape index (κ1) is 11.3. The van der Waals surface area contributed by atoms with Crippen LogP contribution in [0.2, 0.25) is 0 Å². The van der Waals surface area contributed by atoms with E-state index in [0.717, 1.165) is 16.7 Å². The molecule has 0 atom stereocenters. The summed E-state index contributed by atoms with van der Waals surface area (Å²) in [6.07, 6.45) is 0. The zero-order chi connectivity index (χ0) is 12.3. The predicted molar refractivity (Wildman–Crippen MR) is 66.8 cm³/mol. The fourth-order valence-corrected chi connectivity index (χ4v) is 1.51. The van der Waals surface area contributed by atoms with Gasteiger partial charge < -0.3 is 10.6 Å². The van der Waals surface area contributed by atoms with E-state index in [2.05, 4.69) is 20.6 Å². The number of nitrogens with one attached hydrogen (secondary N) is 2. The fraction of sp³-hybridized carbons (Fsp3) is 0.250. The van der Waals surface area contributed by atoms with Gasteiger partial charge in [0.05, 0.1) is 23.3 Å². The molecule has 1 aromatic heterocycles. The number of para-hydroxylation sites is 2. The lowest BCUT2D eigenvalue weighted by Crippen LogP contribution is -2.26. The van der Waals surface area contributed by atoms with Gasteiger partial charge in [-0.25, -0.2) is 9.97 Å². The molecule has 2 aromatic rings. The van der Waals surface area contributed by atoms with E-state index in [1.54, 1.807) is 7.05 Å². The van der Waals surface area contributed by atoms with Crippen LogP contribution in [0.4, 0.5) is 5.82 Å². The first-order valence-corrected chi connectivity index (χ1v) is 5.38. The quantitative estimate of drug-likeness (QED) is 0.828. The van der Waals surface area contributed by atoms with Crippen molar-refractivity contribution >= 4 is 22.8 Å². The molecule has 2 rings (SSSR count). The third-order valence-electron chi connectivity index (χ3n) is 2.44. The Morgan fingerprint density at radius 3 is 2.53 bits per heavy atom. The van der Waals surface area contributed by atoms with Crippen LogP contribution in [-0.4, -0.2) is 29.5 Å². The second-order valence-electron chi connectivity index (χ2n) is 3.67. The predicted octanol–water partition coefficient (Wildman–Crippen LogP) is 1.10. The SMILES string of the molecule is CNC(=O)CNc1nc2ccccc2nc1C. The number of carbonyl (C=O) groups is 1. The van der Waals surface area contributed by atoms with Gasteiger partial charge in [0.2, 0.25) is 5.91 Å². The molecular weight excluding hydrogens is 216 g/mol. The number of nitrogens with zero attached hydrogens (tertiary/aromatic N) is 2. The summed E-state index contributed by atoms with van der Waals surface area (Å²) in [5.41, 5.74) is 2.46. The van der Waals surface area contributed by atoms with E-state index in [1.807, 2.05) is 31.2 Å². The molecule has 1 amide bonds. The molecule has 88 valence electrons. The maximum atomic E-state index is 11.1. The summed E-state index contributed by atoms with van der Waals surface area (Å²) in [6, 6.07) is 7.65. The normalized spacial score (nSPS) is 10.2. The Bertz CT molecular complexity index is 553. The lowest BCUT2D eigenvalue weighted by atomic mass is 10.3. The number of likely N-dealkylation sites (N-methyl/N-ethyl adjacent to an activating group) is 1. The first-order valence-electron chi connectivity index (χ1n) is 5.38. The van der Waals surface area contributed by atoms with E-state index >= 15 is 0 Å². The Balaban J connectivity index is 2.28. The van der Waals surface area contributed by atoms with Crippen molar-refractivity contribution in [2.24, 2.45) is 0 Å². The summed E-state index contributed by atoms with van der Waals surface area (Å²) >= 11 is 0. The zero-order valence-electron chi connectivity index (χ0n) is 9.82. The van der Waals surface area contributed by atoms with Gasteiger partial charge in [0.15, 0.2) is 0 Å². The van der Waals surface area contributed by atoms with Crippen molar-refractivity contribution in [3.05, 3.63) is 30.0 Å². The van der Waals surface area contributed by atoms with Gasteiger partial charge in [0.1, 0.15) is 5.82 Å². The average molecular weight is 230 g/mol. The molecule has 17 heavy (non-hydrogen) atoms. The molecule has 0 fully saturated rings. The van der Waals surface area contributed by atoms with Gasteiger partial charge >= 0.3 is 0 Å². The van der Waals surface area contributed by atoms with Crippen LogP contribution < -0.4 is 10.6 Å². The lowest BCUT2D eigenvalue weighted by Gasteiger charge is -2.08. The number of carbonyl (C=O) groups excluding carboxylic acids is 1. The second-order valence-corrected chi connectivity index (χ2v) is 3.67. The van der Waals surface area contributed by atoms with E-state index < -0.39 is 0 Å². The Hall–Kier alpha value is -2.17. The number of hydrogen-bond donors (Lipinski definition) is 2. The highest BCUT2D eigenvalue weighted by Gasteiger charge is 2.05. The van der Waals surface area contributed by atoms with Crippen molar-refractivity contribution in [2.45, 2.75) is 6.92 Å². The van der Waals surface area contributed by atoms with Crippen LogP contribution in [0.1, 0.15) is 5.69 Å². The van der Waals surface area contributed by atoms with Gasteiger partial charge in [-0.15, -0.1) is 0 Å². The monoisotopic (exact) mass is 230 g/mol. The highest BCUT2D eigenvalue weighted by molar-refractivity contribution is 5.81. The van der Waals surface area contributed by atoms with Gasteiger partial charge in [0.25, 0.3) is 0 Å². The minimum Gasteiger partial charge on any atom is -0.359 e. The van der Waals surface area contributed by atoms with Crippen molar-refractivity contribution in [3.63, 3.8) is 0 Å². The van der Waals surface area contributed by atoms with E-state index in [0.29, 0.717) is 5.82 Å². The van der Waals surface area contributed by atoms with E-state index in [1.165, 1.54) is 0 Å². The van der Waals surface area contributed by atoms with Crippen LogP contribution >= 0.6 is 0 Å². The van der Waals surface area contributed by atoms with Crippen LogP contribution in [0.5, 0.6) is 0 Å². The van der Waals surface area contributed by atoms with Crippen molar-refractivity contribution in [3.8, 4) is 0 Å². The largest absolute Gasteiger partial charge is 0.359 e. The molecule has 0 unspecified atom stereocenters. The van der Waals surface area contributed by atoms with Crippen LogP contribution in [0, 0.1) is 6.92 Å². The lowest BCUT2D eigenvalue weighted by molar-refractivity contribution is -0.118. The molecule has 5 heteroatoms. The maximum Gasteiger partial charge on any atom is 0.239 e. The summed E-state index contributed by atoms with van der Waals surface area (Å²) < 4.78 is 0. The van der Waals surface area contributed by atoms with Crippen molar-refractivity contribution in [2.75, 3.05) is 18.9 Å². The summed E-state index contributed by atoms with van der Waals surface area (Å²) in [4.78, 5) is 20.0. The summed E-state index contributed by atoms with van der Waals surface area (Å²) in [5.74, 6) is 0.562. The number of rotatable bonds is 3. The Labute approximate surface area is 99.3 Å². The number of anilines is 1. The first-order chi connectivity index (χ1) is 8.20. The Morgan fingerprint density at radius 2 is 1.88 bits per heavy atom. The van der Waals surface area contributed by atoms with Gasteiger partial charge in [-0.05, 0) is 19.1 Å². The minimum absolute atomic E-state index is 0.0839. The van der Waals surface area contributed by atoms with Gasteiger partial charge in [0, 0.05) is 7.05 Å². The van der Waals surface area contributed by atoms with Crippen molar-refractivity contribution in [1.29, 1.82) is 0 Å². The fourth-order valence-electron chi connectivity index (χ4n) is 1.51. The molecule has 0 radical (unpaired) electrons. The summed E-state index contributed by atoms with van der Waals surface area (Å²) in [6.45, 7) is 2.07. The molecule has 1 aromatic carbocycles. The van der Waals surface area contributed by atoms with E-state index in [4.69, 9.17) is 0 Å². The third-order valence-corrected chi connectivity index (χ3v) is 2.44. The number of fused-ring (bicyclic) bond motifs is 1. The molecule has 0 saturated heterocycles. The Morgan fingerprint density at radius 1 is 1.24 bits per heavy atom. The van der Waals surface area contributed by atoms with Gasteiger partial charge in [-0.3, -0.25) is 4.79 Å². The van der Waals surface area contributed by atoms with Crippen LogP contribution in [0.15, 0.2) is 24.3 Å². The summed E-state index contributed by atoms with van der Waals surface area (Å²) in [7, 11) is 1.60. The number of aryl methyl sites for hydroxylation is 1. The molecule has 0 bridgehead atoms. The molecule has 0 aliphatic carbocycles. The van der Waals surface area contributed by atoms with Crippen LogP contribution in [0.25, 0.3) is 11.0 Å². The van der Waals surface area contributed by atoms with Crippen molar-refractivity contribution in [1.82, 2.24) is 15.3 Å². The molecule has 0 aliphatic heterocycles. The van der Waals surface area contributed by atoms with Crippen LogP contribution in [-0.2, 0) is 4.79 Å². The number of hydrogen-bond acceptors (Lipinski definition) is 4. The second kappa shape index (κ2) is 4.78. The van der Waals surface area contributed by atoms with E-state index in [-0.39, 0.29) is 12.5 Å². The molecule has 0 saturated carbocycles. The number of benzene rings is 1. The van der Waals surface area contributed by atoms with Crippen LogP contribution in [0.3, 0.4) is 0 Å². The Kier molecular flexibility index (Phi) is 3.18. The molecule has 0 aliphatic rings. The number of amides is 1. The highest BCUT2D eigenvalue weighted by atomic mass is 16.1. The topological polar surface area (TPSA) is 66.9 Å². The molecular formula is C12H14N4O. The highest BCUT2D eigenvalue weighted by Crippen LogP contribution is 2.15. The van der Waals surface area contributed by atoms with Gasteiger partial charge in [-0.1, -0.05) is 12.1 Å². The molecule has 1 heterocycles. The summed E-state index contributed by atoms with van der Waals surface area (Å²) in [5, 5.41) is 5.51.